The first-order valence-corrected chi connectivity index (χ1v) is 7.75. The van der Waals surface area contributed by atoms with Gasteiger partial charge in [-0.05, 0) is 63.5 Å². The Kier molecular flexibility index (Phi) is 6.50. The van der Waals surface area contributed by atoms with Crippen molar-refractivity contribution >= 4 is 23.4 Å². The van der Waals surface area contributed by atoms with E-state index in [4.69, 9.17) is 5.11 Å². The lowest BCUT2D eigenvalue weighted by Crippen LogP contribution is -1.97. The molecular formula is C18H21FO2S. The summed E-state index contributed by atoms with van der Waals surface area (Å²) >= 11 is 1.73. The highest BCUT2D eigenvalue weighted by atomic mass is 32.1. The molecule has 0 spiro atoms. The standard InChI is InChI=1S/C18H21FO2S/c1-11(12(2)18(20)21)9-10-16(19)7-6-8-17-13(3)14(4)22-15(17)5/h6-10H,1-5H3,(H,20,21). The largest absolute Gasteiger partial charge is 0.478 e. The number of aryl methyl sites for hydroxylation is 2. The summed E-state index contributed by atoms with van der Waals surface area (Å²) in [6.45, 7) is 9.32. The number of aliphatic carboxylic acids is 1. The molecule has 118 valence electrons. The average molecular weight is 320 g/mol. The molecule has 0 aliphatic carbocycles. The quantitative estimate of drug-likeness (QED) is 0.573. The second kappa shape index (κ2) is 7.90. The molecule has 1 heterocycles. The van der Waals surface area contributed by atoms with E-state index in [9.17, 15) is 9.18 Å². The Balaban J connectivity index is 2.85. The fraction of sp³-hybridized carbons (Fsp3) is 0.278. The van der Waals surface area contributed by atoms with Crippen LogP contribution in [0, 0.1) is 20.8 Å². The number of hydrogen-bond donors (Lipinski definition) is 1. The Hall–Kier alpha value is -1.94. The molecule has 0 amide bonds. The Morgan fingerprint density at radius 1 is 1.14 bits per heavy atom. The van der Waals surface area contributed by atoms with Gasteiger partial charge >= 0.3 is 5.97 Å². The van der Waals surface area contributed by atoms with Crippen LogP contribution in [0.5, 0.6) is 0 Å². The van der Waals surface area contributed by atoms with Gasteiger partial charge in [-0.2, -0.15) is 0 Å². The van der Waals surface area contributed by atoms with Crippen LogP contribution in [0.25, 0.3) is 6.08 Å². The van der Waals surface area contributed by atoms with Crippen LogP contribution in [0.4, 0.5) is 4.39 Å². The van der Waals surface area contributed by atoms with E-state index in [2.05, 4.69) is 13.8 Å². The number of carboxylic acids is 1. The topological polar surface area (TPSA) is 37.3 Å². The highest BCUT2D eigenvalue weighted by Gasteiger charge is 2.05. The first kappa shape index (κ1) is 18.1. The summed E-state index contributed by atoms with van der Waals surface area (Å²) < 4.78 is 13.7. The molecule has 1 N–H and O–H groups in total. The summed E-state index contributed by atoms with van der Waals surface area (Å²) in [4.78, 5) is 13.3. The van der Waals surface area contributed by atoms with Crippen molar-refractivity contribution in [2.75, 3.05) is 0 Å². The molecule has 4 heteroatoms. The second-order valence-corrected chi connectivity index (χ2v) is 6.54. The molecule has 0 saturated carbocycles. The van der Waals surface area contributed by atoms with Crippen LogP contribution in [0.15, 0.2) is 41.3 Å². The van der Waals surface area contributed by atoms with E-state index in [1.54, 1.807) is 24.3 Å². The Morgan fingerprint density at radius 2 is 1.77 bits per heavy atom. The number of carbonyl (C=O) groups is 1. The molecule has 0 fully saturated rings. The maximum Gasteiger partial charge on any atom is 0.331 e. The lowest BCUT2D eigenvalue weighted by atomic mass is 10.1. The Morgan fingerprint density at radius 3 is 2.27 bits per heavy atom. The van der Waals surface area contributed by atoms with E-state index in [1.165, 1.54) is 40.5 Å². The van der Waals surface area contributed by atoms with Gasteiger partial charge in [-0.1, -0.05) is 18.2 Å². The lowest BCUT2D eigenvalue weighted by Gasteiger charge is -1.96. The Bertz CT molecular complexity index is 688. The van der Waals surface area contributed by atoms with Crippen LogP contribution in [0.2, 0.25) is 0 Å². The summed E-state index contributed by atoms with van der Waals surface area (Å²) in [7, 11) is 0. The fourth-order valence-corrected chi connectivity index (χ4v) is 2.90. The first-order chi connectivity index (χ1) is 10.2. The first-order valence-electron chi connectivity index (χ1n) is 6.93. The molecule has 0 aliphatic heterocycles. The fourth-order valence-electron chi connectivity index (χ4n) is 1.85. The van der Waals surface area contributed by atoms with Crippen LogP contribution in [0.3, 0.4) is 0 Å². The van der Waals surface area contributed by atoms with Crippen LogP contribution in [0.1, 0.15) is 34.7 Å². The van der Waals surface area contributed by atoms with E-state index in [0.717, 1.165) is 5.56 Å². The van der Waals surface area contributed by atoms with Crippen molar-refractivity contribution in [3.05, 3.63) is 62.2 Å². The third-order valence-electron chi connectivity index (χ3n) is 3.54. The van der Waals surface area contributed by atoms with Crippen molar-refractivity contribution in [3.8, 4) is 0 Å². The maximum absolute atomic E-state index is 13.7. The number of hydrogen-bond acceptors (Lipinski definition) is 2. The Labute approximate surface area is 135 Å². The molecule has 0 radical (unpaired) electrons. The van der Waals surface area contributed by atoms with Gasteiger partial charge in [-0.25, -0.2) is 9.18 Å². The molecule has 22 heavy (non-hydrogen) atoms. The monoisotopic (exact) mass is 320 g/mol. The summed E-state index contributed by atoms with van der Waals surface area (Å²) in [6, 6.07) is 0. The van der Waals surface area contributed by atoms with Crippen molar-refractivity contribution in [3.63, 3.8) is 0 Å². The van der Waals surface area contributed by atoms with E-state index in [1.807, 2.05) is 13.0 Å². The smallest absolute Gasteiger partial charge is 0.331 e. The normalized spacial score (nSPS) is 14.0. The molecule has 0 atom stereocenters. The van der Waals surface area contributed by atoms with Gasteiger partial charge in [-0.3, -0.25) is 0 Å². The number of thiophene rings is 1. The van der Waals surface area contributed by atoms with Gasteiger partial charge in [0, 0.05) is 15.3 Å². The van der Waals surface area contributed by atoms with Crippen molar-refractivity contribution < 1.29 is 14.3 Å². The van der Waals surface area contributed by atoms with Crippen molar-refractivity contribution in [2.45, 2.75) is 34.6 Å². The van der Waals surface area contributed by atoms with E-state index in [0.29, 0.717) is 5.57 Å². The minimum atomic E-state index is -0.995. The predicted octanol–water partition coefficient (Wildman–Crippen LogP) is 5.52. The minimum Gasteiger partial charge on any atom is -0.478 e. The summed E-state index contributed by atoms with van der Waals surface area (Å²) in [5, 5.41) is 8.83. The molecule has 0 saturated heterocycles. The molecule has 1 rings (SSSR count). The van der Waals surface area contributed by atoms with Crippen LogP contribution in [-0.2, 0) is 4.79 Å². The molecule has 0 bridgehead atoms. The van der Waals surface area contributed by atoms with Gasteiger partial charge in [0.25, 0.3) is 0 Å². The molecule has 1 aromatic rings. The van der Waals surface area contributed by atoms with Gasteiger partial charge < -0.3 is 5.11 Å². The van der Waals surface area contributed by atoms with Crippen molar-refractivity contribution in [2.24, 2.45) is 0 Å². The number of rotatable bonds is 5. The lowest BCUT2D eigenvalue weighted by molar-refractivity contribution is -0.132. The molecule has 0 aromatic carbocycles. The maximum atomic E-state index is 13.7. The molecule has 2 nitrogen and oxygen atoms in total. The van der Waals surface area contributed by atoms with Crippen LogP contribution in [-0.4, -0.2) is 11.1 Å². The van der Waals surface area contributed by atoms with Gasteiger partial charge in [0.2, 0.25) is 0 Å². The van der Waals surface area contributed by atoms with Gasteiger partial charge in [0.1, 0.15) is 5.83 Å². The SMILES string of the molecule is CC(C=CC(F)=CC=Cc1c(C)sc(C)c1C)=C(C)C(=O)O. The predicted molar refractivity (Wildman–Crippen MR) is 91.9 cm³/mol. The zero-order chi connectivity index (χ0) is 16.9. The zero-order valence-electron chi connectivity index (χ0n) is 13.5. The molecular weight excluding hydrogens is 299 g/mol. The number of carboxylic acid groups (broad SMARTS) is 1. The molecule has 0 aliphatic rings. The zero-order valence-corrected chi connectivity index (χ0v) is 14.3. The summed E-state index contributed by atoms with van der Waals surface area (Å²) in [5.74, 6) is -1.42. The minimum absolute atomic E-state index is 0.208. The van der Waals surface area contributed by atoms with Crippen molar-refractivity contribution in [1.82, 2.24) is 0 Å². The van der Waals surface area contributed by atoms with E-state index < -0.39 is 11.8 Å². The van der Waals surface area contributed by atoms with Crippen LogP contribution >= 0.6 is 11.3 Å². The summed E-state index contributed by atoms with van der Waals surface area (Å²) in [6.07, 6.45) is 7.67. The third-order valence-corrected chi connectivity index (χ3v) is 4.68. The van der Waals surface area contributed by atoms with Gasteiger partial charge in [-0.15, -0.1) is 11.3 Å². The highest BCUT2D eigenvalue weighted by molar-refractivity contribution is 7.12. The highest BCUT2D eigenvalue weighted by Crippen LogP contribution is 2.27. The van der Waals surface area contributed by atoms with E-state index >= 15 is 0 Å². The number of allylic oxidation sites excluding steroid dienone is 6. The van der Waals surface area contributed by atoms with Gasteiger partial charge in [0.05, 0.1) is 0 Å². The second-order valence-electron chi connectivity index (χ2n) is 5.11. The van der Waals surface area contributed by atoms with E-state index in [-0.39, 0.29) is 5.57 Å². The molecule has 0 unspecified atom stereocenters. The van der Waals surface area contributed by atoms with Gasteiger partial charge in [0.15, 0.2) is 0 Å². The third kappa shape index (κ3) is 4.81. The molecule has 1 aromatic heterocycles. The van der Waals surface area contributed by atoms with Crippen molar-refractivity contribution in [1.29, 1.82) is 0 Å². The number of halogens is 1. The average Bonchev–Trinajstić information content (AvgIpc) is 2.69. The van der Waals surface area contributed by atoms with Crippen LogP contribution < -0.4 is 0 Å². The summed E-state index contributed by atoms with van der Waals surface area (Å²) in [5.41, 5.74) is 3.09.